The van der Waals surface area contributed by atoms with E-state index in [2.05, 4.69) is 10.3 Å². The van der Waals surface area contributed by atoms with Crippen LogP contribution in [0.5, 0.6) is 0 Å². The van der Waals surface area contributed by atoms with E-state index in [1.54, 1.807) is 16.7 Å². The summed E-state index contributed by atoms with van der Waals surface area (Å²) in [4.78, 5) is 16.2. The van der Waals surface area contributed by atoms with Crippen molar-refractivity contribution >= 4 is 23.2 Å². The van der Waals surface area contributed by atoms with Crippen LogP contribution in [0.3, 0.4) is 0 Å². The number of benzene rings is 1. The third-order valence-corrected chi connectivity index (χ3v) is 3.97. The molecule has 0 radical (unpaired) electrons. The number of rotatable bonds is 6. The summed E-state index contributed by atoms with van der Waals surface area (Å²) in [5, 5.41) is 3.55. The molecule has 0 saturated heterocycles. The first-order valence-electron chi connectivity index (χ1n) is 7.74. The number of carbonyl (C=O) groups excluding carboxylic acids is 1. The molecule has 124 valence electrons. The van der Waals surface area contributed by atoms with Gasteiger partial charge >= 0.3 is 0 Å². The van der Waals surface area contributed by atoms with Crippen LogP contribution in [0.25, 0.3) is 5.65 Å². The molecular weight excluding hydrogens is 329 g/mol. The van der Waals surface area contributed by atoms with Crippen LogP contribution in [0.2, 0.25) is 5.02 Å². The molecule has 0 spiro atoms. The van der Waals surface area contributed by atoms with Crippen LogP contribution in [-0.2, 0) is 17.8 Å². The number of aryl methyl sites for hydroxylation is 1. The van der Waals surface area contributed by atoms with E-state index in [4.69, 9.17) is 11.6 Å². The molecule has 0 aliphatic rings. The van der Waals surface area contributed by atoms with Gasteiger partial charge in [-0.3, -0.25) is 4.79 Å². The summed E-state index contributed by atoms with van der Waals surface area (Å²) in [5.41, 5.74) is 2.52. The Morgan fingerprint density at radius 3 is 2.75 bits per heavy atom. The van der Waals surface area contributed by atoms with Crippen molar-refractivity contribution < 1.29 is 9.18 Å². The molecule has 0 aliphatic heterocycles. The average molecular weight is 346 g/mol. The third kappa shape index (κ3) is 4.32. The van der Waals surface area contributed by atoms with Gasteiger partial charge in [-0.05, 0) is 42.7 Å². The molecular formula is C18H17ClFN3O. The standard InChI is InChI=1S/C18H17ClFN3O/c19-14-6-4-13(5-7-14)2-1-3-18(24)21-10-16-12-23-11-15(20)8-9-17(23)22-16/h4-9,11-12H,1-3,10H2,(H,21,24). The summed E-state index contributed by atoms with van der Waals surface area (Å²) < 4.78 is 14.7. The number of imidazole rings is 1. The largest absolute Gasteiger partial charge is 0.350 e. The highest BCUT2D eigenvalue weighted by Gasteiger charge is 2.06. The zero-order valence-electron chi connectivity index (χ0n) is 13.0. The molecule has 24 heavy (non-hydrogen) atoms. The van der Waals surface area contributed by atoms with E-state index in [0.717, 1.165) is 18.4 Å². The number of hydrogen-bond donors (Lipinski definition) is 1. The van der Waals surface area contributed by atoms with Crippen LogP contribution < -0.4 is 5.32 Å². The van der Waals surface area contributed by atoms with Gasteiger partial charge < -0.3 is 9.72 Å². The number of nitrogens with zero attached hydrogens (tertiary/aromatic N) is 2. The van der Waals surface area contributed by atoms with Crippen molar-refractivity contribution in [1.82, 2.24) is 14.7 Å². The van der Waals surface area contributed by atoms with Crippen LogP contribution in [0.1, 0.15) is 24.1 Å². The fourth-order valence-corrected chi connectivity index (χ4v) is 2.61. The Bertz CT molecular complexity index is 845. The van der Waals surface area contributed by atoms with Gasteiger partial charge in [-0.15, -0.1) is 0 Å². The molecule has 0 bridgehead atoms. The highest BCUT2D eigenvalue weighted by atomic mass is 35.5. The summed E-state index contributed by atoms with van der Waals surface area (Å²) in [7, 11) is 0. The first kappa shape index (κ1) is 16.5. The summed E-state index contributed by atoms with van der Waals surface area (Å²) in [6.45, 7) is 0.336. The lowest BCUT2D eigenvalue weighted by molar-refractivity contribution is -0.121. The highest BCUT2D eigenvalue weighted by Crippen LogP contribution is 2.12. The first-order chi connectivity index (χ1) is 11.6. The molecule has 4 nitrogen and oxygen atoms in total. The Balaban J connectivity index is 1.45. The van der Waals surface area contributed by atoms with E-state index in [-0.39, 0.29) is 11.7 Å². The predicted octanol–water partition coefficient (Wildman–Crippen LogP) is 3.77. The molecule has 1 aromatic carbocycles. The number of halogens is 2. The fraction of sp³-hybridized carbons (Fsp3) is 0.222. The van der Waals surface area contributed by atoms with Crippen molar-refractivity contribution in [3.8, 4) is 0 Å². The Labute approximate surface area is 144 Å². The number of amides is 1. The second kappa shape index (κ2) is 7.45. The highest BCUT2D eigenvalue weighted by molar-refractivity contribution is 6.30. The van der Waals surface area contributed by atoms with Gasteiger partial charge in [0.1, 0.15) is 11.5 Å². The van der Waals surface area contributed by atoms with Crippen LogP contribution in [0.15, 0.2) is 48.8 Å². The smallest absolute Gasteiger partial charge is 0.220 e. The van der Waals surface area contributed by atoms with E-state index in [9.17, 15) is 9.18 Å². The van der Waals surface area contributed by atoms with Crippen LogP contribution in [0.4, 0.5) is 4.39 Å². The van der Waals surface area contributed by atoms with E-state index in [1.807, 2.05) is 24.3 Å². The minimum absolute atomic E-state index is 0.0211. The minimum Gasteiger partial charge on any atom is -0.350 e. The van der Waals surface area contributed by atoms with Crippen molar-refractivity contribution in [2.75, 3.05) is 0 Å². The van der Waals surface area contributed by atoms with E-state index < -0.39 is 0 Å². The van der Waals surface area contributed by atoms with Gasteiger partial charge in [0.15, 0.2) is 0 Å². The van der Waals surface area contributed by atoms with Gasteiger partial charge in [0.2, 0.25) is 5.91 Å². The quantitative estimate of drug-likeness (QED) is 0.739. The zero-order valence-corrected chi connectivity index (χ0v) is 13.8. The monoisotopic (exact) mass is 345 g/mol. The van der Waals surface area contributed by atoms with Crippen molar-refractivity contribution in [2.45, 2.75) is 25.8 Å². The van der Waals surface area contributed by atoms with Crippen LogP contribution in [-0.4, -0.2) is 15.3 Å². The number of aromatic nitrogens is 2. The topological polar surface area (TPSA) is 46.4 Å². The molecule has 3 aromatic rings. The number of pyridine rings is 1. The lowest BCUT2D eigenvalue weighted by Crippen LogP contribution is -2.22. The summed E-state index contributed by atoms with van der Waals surface area (Å²) >= 11 is 5.84. The zero-order chi connectivity index (χ0) is 16.9. The average Bonchev–Trinajstić information content (AvgIpc) is 2.97. The summed E-state index contributed by atoms with van der Waals surface area (Å²) in [6.07, 6.45) is 5.12. The molecule has 0 unspecified atom stereocenters. The second-order valence-electron chi connectivity index (χ2n) is 5.60. The molecule has 0 aliphatic carbocycles. The Kier molecular flexibility index (Phi) is 5.11. The van der Waals surface area contributed by atoms with Crippen molar-refractivity contribution in [2.24, 2.45) is 0 Å². The number of hydrogen-bond acceptors (Lipinski definition) is 2. The Morgan fingerprint density at radius 2 is 1.96 bits per heavy atom. The molecule has 2 heterocycles. The summed E-state index contributed by atoms with van der Waals surface area (Å²) in [5.74, 6) is -0.343. The molecule has 1 amide bonds. The maximum absolute atomic E-state index is 13.1. The normalized spacial score (nSPS) is 10.9. The molecule has 6 heteroatoms. The van der Waals surface area contributed by atoms with Gasteiger partial charge in [0, 0.05) is 23.8 Å². The number of fused-ring (bicyclic) bond motifs is 1. The van der Waals surface area contributed by atoms with Gasteiger partial charge in [-0.1, -0.05) is 23.7 Å². The van der Waals surface area contributed by atoms with Gasteiger partial charge in [-0.2, -0.15) is 0 Å². The molecule has 0 atom stereocenters. The fourth-order valence-electron chi connectivity index (χ4n) is 2.48. The lowest BCUT2D eigenvalue weighted by Gasteiger charge is -2.04. The number of nitrogens with one attached hydrogen (secondary N) is 1. The van der Waals surface area contributed by atoms with Crippen molar-refractivity contribution in [1.29, 1.82) is 0 Å². The van der Waals surface area contributed by atoms with Crippen LogP contribution >= 0.6 is 11.6 Å². The molecule has 0 saturated carbocycles. The first-order valence-corrected chi connectivity index (χ1v) is 8.12. The molecule has 3 rings (SSSR count). The number of carbonyl (C=O) groups is 1. The van der Waals surface area contributed by atoms with Gasteiger partial charge in [-0.25, -0.2) is 9.37 Å². The van der Waals surface area contributed by atoms with Gasteiger partial charge in [0.25, 0.3) is 0 Å². The maximum Gasteiger partial charge on any atom is 0.220 e. The Morgan fingerprint density at radius 1 is 1.17 bits per heavy atom. The minimum atomic E-state index is -0.322. The molecule has 0 fully saturated rings. The predicted molar refractivity (Wildman–Crippen MR) is 91.4 cm³/mol. The van der Waals surface area contributed by atoms with E-state index in [1.165, 1.54) is 12.3 Å². The van der Waals surface area contributed by atoms with E-state index in [0.29, 0.717) is 29.3 Å². The van der Waals surface area contributed by atoms with Crippen molar-refractivity contribution in [3.05, 3.63) is 70.9 Å². The second-order valence-corrected chi connectivity index (χ2v) is 6.04. The van der Waals surface area contributed by atoms with Crippen molar-refractivity contribution in [3.63, 3.8) is 0 Å². The molecule has 2 aromatic heterocycles. The third-order valence-electron chi connectivity index (χ3n) is 3.71. The SMILES string of the molecule is O=C(CCCc1ccc(Cl)cc1)NCc1cn2cc(F)ccc2n1. The van der Waals surface area contributed by atoms with Gasteiger partial charge in [0.05, 0.1) is 12.2 Å². The molecule has 1 N–H and O–H groups in total. The Hall–Kier alpha value is -2.40. The summed E-state index contributed by atoms with van der Waals surface area (Å²) in [6, 6.07) is 10.6. The maximum atomic E-state index is 13.1. The van der Waals surface area contributed by atoms with E-state index >= 15 is 0 Å². The van der Waals surface area contributed by atoms with Crippen LogP contribution in [0, 0.1) is 5.82 Å². The lowest BCUT2D eigenvalue weighted by atomic mass is 10.1.